The summed E-state index contributed by atoms with van der Waals surface area (Å²) in [5, 5.41) is 3.54. The van der Waals surface area contributed by atoms with E-state index >= 15 is 0 Å². The van der Waals surface area contributed by atoms with Crippen LogP contribution in [-0.4, -0.2) is 30.1 Å². The zero-order valence-corrected chi connectivity index (χ0v) is 13.7. The minimum atomic E-state index is -0.319. The molecular weight excluding hydrogens is 306 g/mol. The van der Waals surface area contributed by atoms with Crippen molar-refractivity contribution in [1.82, 2.24) is 9.97 Å². The molecule has 0 bridgehead atoms. The smallest absolute Gasteiger partial charge is 0.275 e. The number of carbonyl (C=O) groups excluding carboxylic acids is 1. The number of anilines is 1. The Bertz CT molecular complexity index is 909. The van der Waals surface area contributed by atoms with Crippen molar-refractivity contribution in [2.24, 2.45) is 0 Å². The number of rotatable bonds is 4. The summed E-state index contributed by atoms with van der Waals surface area (Å²) >= 11 is 0. The number of benzene rings is 2. The van der Waals surface area contributed by atoms with Crippen molar-refractivity contribution in [2.45, 2.75) is 6.92 Å². The highest BCUT2D eigenvalue weighted by Gasteiger charge is 2.16. The number of nitrogens with one attached hydrogen (secondary N) is 1. The van der Waals surface area contributed by atoms with Crippen LogP contribution < -0.4 is 14.8 Å². The molecule has 0 saturated heterocycles. The van der Waals surface area contributed by atoms with Crippen LogP contribution in [0, 0.1) is 6.92 Å². The van der Waals surface area contributed by atoms with Crippen molar-refractivity contribution in [3.8, 4) is 11.5 Å². The van der Waals surface area contributed by atoms with Crippen molar-refractivity contribution >= 4 is 22.5 Å². The predicted molar refractivity (Wildman–Crippen MR) is 91.8 cm³/mol. The van der Waals surface area contributed by atoms with E-state index in [1.54, 1.807) is 32.2 Å². The average molecular weight is 323 g/mol. The fourth-order valence-corrected chi connectivity index (χ4v) is 2.45. The lowest BCUT2D eigenvalue weighted by Gasteiger charge is -2.12. The van der Waals surface area contributed by atoms with Crippen LogP contribution in [0.5, 0.6) is 11.5 Å². The van der Waals surface area contributed by atoms with Crippen molar-refractivity contribution in [3.05, 3.63) is 54.0 Å². The van der Waals surface area contributed by atoms with Crippen LogP contribution in [0.2, 0.25) is 0 Å². The number of aryl methyl sites for hydroxylation is 1. The maximum atomic E-state index is 12.7. The summed E-state index contributed by atoms with van der Waals surface area (Å²) in [6.45, 7) is 1.76. The van der Waals surface area contributed by atoms with Crippen molar-refractivity contribution < 1.29 is 14.3 Å². The van der Waals surface area contributed by atoms with E-state index in [2.05, 4.69) is 15.3 Å². The van der Waals surface area contributed by atoms with Gasteiger partial charge in [0.05, 0.1) is 25.4 Å². The molecule has 1 amide bonds. The molecule has 24 heavy (non-hydrogen) atoms. The number of para-hydroxylation sites is 1. The second kappa shape index (κ2) is 6.54. The Morgan fingerprint density at radius 2 is 1.83 bits per heavy atom. The normalized spacial score (nSPS) is 10.5. The summed E-state index contributed by atoms with van der Waals surface area (Å²) in [6, 6.07) is 12.6. The largest absolute Gasteiger partial charge is 0.497 e. The number of hydrogen-bond donors (Lipinski definition) is 1. The van der Waals surface area contributed by atoms with Gasteiger partial charge in [-0.1, -0.05) is 18.2 Å². The maximum absolute atomic E-state index is 12.7. The van der Waals surface area contributed by atoms with E-state index in [0.29, 0.717) is 34.1 Å². The average Bonchev–Trinajstić information content (AvgIpc) is 2.61. The molecule has 0 aliphatic carbocycles. The number of nitrogens with zero attached hydrogens (tertiary/aromatic N) is 2. The number of amides is 1. The molecule has 1 N–H and O–H groups in total. The first-order chi connectivity index (χ1) is 11.6. The minimum absolute atomic E-state index is 0.319. The monoisotopic (exact) mass is 323 g/mol. The van der Waals surface area contributed by atoms with Gasteiger partial charge in [-0.2, -0.15) is 0 Å². The molecule has 0 aliphatic rings. The molecule has 0 aliphatic heterocycles. The van der Waals surface area contributed by atoms with E-state index in [4.69, 9.17) is 9.47 Å². The van der Waals surface area contributed by atoms with Gasteiger partial charge in [0.25, 0.3) is 5.91 Å². The first-order valence-corrected chi connectivity index (χ1v) is 7.39. The second-order valence-corrected chi connectivity index (χ2v) is 5.16. The number of ether oxygens (including phenoxy) is 2. The third-order valence-electron chi connectivity index (χ3n) is 3.59. The van der Waals surface area contributed by atoms with E-state index in [-0.39, 0.29) is 5.91 Å². The molecule has 1 heterocycles. The molecule has 6 heteroatoms. The number of hydrogen-bond acceptors (Lipinski definition) is 5. The first kappa shape index (κ1) is 15.7. The van der Waals surface area contributed by atoms with Gasteiger partial charge in [-0.15, -0.1) is 0 Å². The summed E-state index contributed by atoms with van der Waals surface area (Å²) in [4.78, 5) is 21.4. The van der Waals surface area contributed by atoms with E-state index in [9.17, 15) is 4.79 Å². The molecule has 0 spiro atoms. The minimum Gasteiger partial charge on any atom is -0.497 e. The lowest BCUT2D eigenvalue weighted by Crippen LogP contribution is -2.16. The second-order valence-electron chi connectivity index (χ2n) is 5.16. The molecule has 0 saturated carbocycles. The Kier molecular flexibility index (Phi) is 4.29. The molecule has 2 aromatic carbocycles. The summed E-state index contributed by atoms with van der Waals surface area (Å²) in [5.41, 5.74) is 1.61. The van der Waals surface area contributed by atoms with Crippen molar-refractivity contribution in [3.63, 3.8) is 0 Å². The summed E-state index contributed by atoms with van der Waals surface area (Å²) in [6.07, 6.45) is 0. The Balaban J connectivity index is 1.99. The van der Waals surface area contributed by atoms with Crippen LogP contribution in [0.15, 0.2) is 42.5 Å². The van der Waals surface area contributed by atoms with Gasteiger partial charge in [0, 0.05) is 11.5 Å². The van der Waals surface area contributed by atoms with Gasteiger partial charge >= 0.3 is 0 Å². The highest BCUT2D eigenvalue weighted by atomic mass is 16.5. The Morgan fingerprint density at radius 1 is 1.04 bits per heavy atom. The topological polar surface area (TPSA) is 73.3 Å². The van der Waals surface area contributed by atoms with Crippen LogP contribution in [0.4, 0.5) is 5.69 Å². The molecule has 0 fully saturated rings. The van der Waals surface area contributed by atoms with Gasteiger partial charge < -0.3 is 14.8 Å². The van der Waals surface area contributed by atoms with E-state index in [1.807, 2.05) is 24.3 Å². The van der Waals surface area contributed by atoms with Gasteiger partial charge in [0.15, 0.2) is 0 Å². The fourth-order valence-electron chi connectivity index (χ4n) is 2.45. The zero-order valence-electron chi connectivity index (χ0n) is 13.7. The van der Waals surface area contributed by atoms with Crippen LogP contribution >= 0.6 is 0 Å². The number of carbonyl (C=O) groups is 1. The van der Waals surface area contributed by atoms with Crippen LogP contribution in [-0.2, 0) is 0 Å². The maximum Gasteiger partial charge on any atom is 0.275 e. The first-order valence-electron chi connectivity index (χ1n) is 7.39. The van der Waals surface area contributed by atoms with E-state index in [0.717, 1.165) is 5.52 Å². The number of aromatic nitrogens is 2. The number of fused-ring (bicyclic) bond motifs is 1. The van der Waals surface area contributed by atoms with Crippen LogP contribution in [0.25, 0.3) is 10.9 Å². The number of methoxy groups -OCH3 is 2. The molecule has 1 aromatic heterocycles. The Hall–Kier alpha value is -3.15. The summed E-state index contributed by atoms with van der Waals surface area (Å²) < 4.78 is 10.5. The Labute approximate surface area is 139 Å². The highest BCUT2D eigenvalue weighted by Crippen LogP contribution is 2.29. The van der Waals surface area contributed by atoms with Gasteiger partial charge in [-0.3, -0.25) is 4.79 Å². The molecule has 6 nitrogen and oxygen atoms in total. The molecule has 3 aromatic rings. The molecule has 0 unspecified atom stereocenters. The van der Waals surface area contributed by atoms with Crippen molar-refractivity contribution in [2.75, 3.05) is 19.5 Å². The lowest BCUT2D eigenvalue weighted by molar-refractivity contribution is 0.102. The third-order valence-corrected chi connectivity index (χ3v) is 3.59. The van der Waals surface area contributed by atoms with Crippen LogP contribution in [0.1, 0.15) is 16.3 Å². The SMILES string of the molecule is COc1ccc(NC(=O)c2nc(C)nc3ccccc23)c(OC)c1. The summed E-state index contributed by atoms with van der Waals surface area (Å²) in [5.74, 6) is 1.38. The van der Waals surface area contributed by atoms with Gasteiger partial charge in [0.1, 0.15) is 23.0 Å². The molecule has 0 radical (unpaired) electrons. The zero-order chi connectivity index (χ0) is 17.1. The van der Waals surface area contributed by atoms with Gasteiger partial charge in [-0.05, 0) is 25.1 Å². The third kappa shape index (κ3) is 2.99. The van der Waals surface area contributed by atoms with Gasteiger partial charge in [0.2, 0.25) is 0 Å². The van der Waals surface area contributed by atoms with Crippen molar-refractivity contribution in [1.29, 1.82) is 0 Å². The standard InChI is InChI=1S/C18H17N3O3/c1-11-19-14-7-5-4-6-13(14)17(20-11)18(22)21-15-9-8-12(23-2)10-16(15)24-3/h4-10H,1-3H3,(H,21,22). The lowest BCUT2D eigenvalue weighted by atomic mass is 10.1. The molecular formula is C18H17N3O3. The van der Waals surface area contributed by atoms with E-state index < -0.39 is 0 Å². The van der Waals surface area contributed by atoms with Crippen LogP contribution in [0.3, 0.4) is 0 Å². The highest BCUT2D eigenvalue weighted by molar-refractivity contribution is 6.11. The molecule has 122 valence electrons. The van der Waals surface area contributed by atoms with E-state index in [1.165, 1.54) is 7.11 Å². The summed E-state index contributed by atoms with van der Waals surface area (Å²) in [7, 11) is 3.11. The quantitative estimate of drug-likeness (QED) is 0.798. The Morgan fingerprint density at radius 3 is 2.58 bits per heavy atom. The van der Waals surface area contributed by atoms with Gasteiger partial charge in [-0.25, -0.2) is 9.97 Å². The molecule has 3 rings (SSSR count). The molecule has 0 atom stereocenters. The predicted octanol–water partition coefficient (Wildman–Crippen LogP) is 3.21. The fraction of sp³-hybridized carbons (Fsp3) is 0.167.